The van der Waals surface area contributed by atoms with Crippen molar-refractivity contribution in [2.45, 2.75) is 48.6 Å². The molecule has 0 unspecified atom stereocenters. The number of aromatic nitrogens is 3. The standard InChI is InChI=1S/C15H21N5OS/c1-11-7-19-6-2-3-12(19)8-20(11)9-13-4-5-14(21-13)22-15-16-10-17-18-15/h4-5,10-12H,2-3,6-9H2,1H3,(H,16,17,18)/t11-,12+/m0/s1. The van der Waals surface area contributed by atoms with Crippen molar-refractivity contribution in [3.8, 4) is 0 Å². The number of furan rings is 1. The second kappa shape index (κ2) is 6.06. The molecule has 2 aliphatic rings. The number of hydrogen-bond donors (Lipinski definition) is 1. The van der Waals surface area contributed by atoms with E-state index in [1.54, 1.807) is 0 Å². The molecule has 2 fully saturated rings. The zero-order chi connectivity index (χ0) is 14.9. The van der Waals surface area contributed by atoms with E-state index in [0.717, 1.165) is 35.1 Å². The van der Waals surface area contributed by atoms with Crippen LogP contribution in [0.2, 0.25) is 0 Å². The number of nitrogens with one attached hydrogen (secondary N) is 1. The molecule has 4 heterocycles. The van der Waals surface area contributed by atoms with E-state index in [2.05, 4.69) is 38.0 Å². The Hall–Kier alpha value is -1.31. The van der Waals surface area contributed by atoms with Gasteiger partial charge >= 0.3 is 0 Å². The van der Waals surface area contributed by atoms with Gasteiger partial charge in [-0.3, -0.25) is 14.9 Å². The zero-order valence-electron chi connectivity index (χ0n) is 12.7. The Labute approximate surface area is 134 Å². The fourth-order valence-corrected chi connectivity index (χ4v) is 4.18. The summed E-state index contributed by atoms with van der Waals surface area (Å²) in [5.41, 5.74) is 0. The third kappa shape index (κ3) is 2.93. The van der Waals surface area contributed by atoms with Crippen molar-refractivity contribution in [2.75, 3.05) is 19.6 Å². The minimum atomic E-state index is 0.588. The molecule has 22 heavy (non-hydrogen) atoms. The van der Waals surface area contributed by atoms with Gasteiger partial charge in [0.25, 0.3) is 0 Å². The Morgan fingerprint density at radius 2 is 2.36 bits per heavy atom. The van der Waals surface area contributed by atoms with Crippen LogP contribution < -0.4 is 0 Å². The van der Waals surface area contributed by atoms with Crippen molar-refractivity contribution >= 4 is 11.8 Å². The van der Waals surface area contributed by atoms with Gasteiger partial charge < -0.3 is 4.42 Å². The summed E-state index contributed by atoms with van der Waals surface area (Å²) in [5.74, 6) is 1.03. The highest BCUT2D eigenvalue weighted by atomic mass is 32.2. The number of hydrogen-bond acceptors (Lipinski definition) is 6. The summed E-state index contributed by atoms with van der Waals surface area (Å²) in [6.45, 7) is 6.84. The fourth-order valence-electron chi connectivity index (χ4n) is 3.51. The molecule has 2 saturated heterocycles. The minimum absolute atomic E-state index is 0.588. The highest BCUT2D eigenvalue weighted by Crippen LogP contribution is 2.29. The monoisotopic (exact) mass is 319 g/mol. The number of nitrogens with zero attached hydrogens (tertiary/aromatic N) is 4. The van der Waals surface area contributed by atoms with Crippen LogP contribution in [0.25, 0.3) is 0 Å². The van der Waals surface area contributed by atoms with E-state index < -0.39 is 0 Å². The first-order valence-corrected chi connectivity index (χ1v) is 8.69. The van der Waals surface area contributed by atoms with Crippen LogP contribution in [0.15, 0.2) is 33.1 Å². The van der Waals surface area contributed by atoms with Gasteiger partial charge in [-0.15, -0.1) is 0 Å². The third-order valence-electron chi connectivity index (χ3n) is 4.65. The van der Waals surface area contributed by atoms with Crippen molar-refractivity contribution in [1.29, 1.82) is 0 Å². The fraction of sp³-hybridized carbons (Fsp3) is 0.600. The summed E-state index contributed by atoms with van der Waals surface area (Å²) in [6.07, 6.45) is 4.20. The van der Waals surface area contributed by atoms with Gasteiger partial charge in [0.15, 0.2) is 10.2 Å². The van der Waals surface area contributed by atoms with E-state index in [0.29, 0.717) is 6.04 Å². The summed E-state index contributed by atoms with van der Waals surface area (Å²) in [7, 11) is 0. The Kier molecular flexibility index (Phi) is 3.94. The Balaban J connectivity index is 1.39. The smallest absolute Gasteiger partial charge is 0.191 e. The first-order chi connectivity index (χ1) is 10.8. The molecular formula is C15H21N5OS. The lowest BCUT2D eigenvalue weighted by Gasteiger charge is -2.41. The maximum Gasteiger partial charge on any atom is 0.191 e. The van der Waals surface area contributed by atoms with Gasteiger partial charge in [-0.05, 0) is 50.2 Å². The third-order valence-corrected chi connectivity index (χ3v) is 5.46. The van der Waals surface area contributed by atoms with E-state index >= 15 is 0 Å². The molecule has 0 bridgehead atoms. The maximum absolute atomic E-state index is 5.94. The highest BCUT2D eigenvalue weighted by molar-refractivity contribution is 7.99. The van der Waals surface area contributed by atoms with Crippen molar-refractivity contribution in [1.82, 2.24) is 25.0 Å². The van der Waals surface area contributed by atoms with Crippen molar-refractivity contribution in [2.24, 2.45) is 0 Å². The van der Waals surface area contributed by atoms with Gasteiger partial charge in [-0.1, -0.05) is 0 Å². The van der Waals surface area contributed by atoms with Gasteiger partial charge in [-0.2, -0.15) is 5.10 Å². The summed E-state index contributed by atoms with van der Waals surface area (Å²) < 4.78 is 5.94. The summed E-state index contributed by atoms with van der Waals surface area (Å²) in [5, 5.41) is 8.30. The lowest BCUT2D eigenvalue weighted by Crippen LogP contribution is -2.54. The lowest BCUT2D eigenvalue weighted by molar-refractivity contribution is 0.0486. The first-order valence-electron chi connectivity index (χ1n) is 7.88. The van der Waals surface area contributed by atoms with Crippen LogP contribution in [0.5, 0.6) is 0 Å². The number of H-pyrrole nitrogens is 1. The van der Waals surface area contributed by atoms with E-state index in [-0.39, 0.29) is 0 Å². The van der Waals surface area contributed by atoms with Crippen LogP contribution >= 0.6 is 11.8 Å². The average molecular weight is 319 g/mol. The zero-order valence-corrected chi connectivity index (χ0v) is 13.6. The van der Waals surface area contributed by atoms with Crippen LogP contribution in [-0.2, 0) is 6.54 Å². The van der Waals surface area contributed by atoms with E-state index in [1.165, 1.54) is 44.0 Å². The van der Waals surface area contributed by atoms with Crippen molar-refractivity contribution in [3.63, 3.8) is 0 Å². The molecule has 2 aliphatic heterocycles. The van der Waals surface area contributed by atoms with Crippen LogP contribution in [-0.4, -0.2) is 56.7 Å². The number of rotatable bonds is 4. The van der Waals surface area contributed by atoms with Crippen LogP contribution in [0, 0.1) is 0 Å². The molecule has 0 saturated carbocycles. The molecule has 7 heteroatoms. The average Bonchev–Trinajstić information content (AvgIpc) is 3.22. The van der Waals surface area contributed by atoms with Crippen molar-refractivity contribution in [3.05, 3.63) is 24.2 Å². The van der Waals surface area contributed by atoms with Gasteiger partial charge in [0.2, 0.25) is 0 Å². The Morgan fingerprint density at radius 1 is 1.41 bits per heavy atom. The molecule has 0 aliphatic carbocycles. The summed E-state index contributed by atoms with van der Waals surface area (Å²) >= 11 is 1.47. The van der Waals surface area contributed by atoms with Gasteiger partial charge in [0.1, 0.15) is 12.1 Å². The molecule has 4 rings (SSSR count). The number of piperazine rings is 1. The largest absolute Gasteiger partial charge is 0.453 e. The molecule has 0 spiro atoms. The van der Waals surface area contributed by atoms with Crippen LogP contribution in [0.4, 0.5) is 0 Å². The molecule has 0 radical (unpaired) electrons. The quantitative estimate of drug-likeness (QED) is 0.932. The van der Waals surface area contributed by atoms with E-state index in [4.69, 9.17) is 4.42 Å². The molecule has 6 nitrogen and oxygen atoms in total. The van der Waals surface area contributed by atoms with E-state index in [1.807, 2.05) is 6.07 Å². The van der Waals surface area contributed by atoms with Gasteiger partial charge in [-0.25, -0.2) is 4.98 Å². The molecule has 118 valence electrons. The van der Waals surface area contributed by atoms with Gasteiger partial charge in [0.05, 0.1) is 6.54 Å². The topological polar surface area (TPSA) is 61.2 Å². The summed E-state index contributed by atoms with van der Waals surface area (Å²) in [6, 6.07) is 5.42. The van der Waals surface area contributed by atoms with Crippen LogP contribution in [0.1, 0.15) is 25.5 Å². The predicted octanol–water partition coefficient (Wildman–Crippen LogP) is 2.22. The molecule has 2 aromatic rings. The number of fused-ring (bicyclic) bond motifs is 1. The first kappa shape index (κ1) is 14.3. The van der Waals surface area contributed by atoms with Gasteiger partial charge in [0, 0.05) is 25.2 Å². The molecule has 2 aromatic heterocycles. The highest BCUT2D eigenvalue weighted by Gasteiger charge is 2.34. The molecular weight excluding hydrogens is 298 g/mol. The minimum Gasteiger partial charge on any atom is -0.453 e. The second-order valence-electron chi connectivity index (χ2n) is 6.18. The molecule has 2 atom stereocenters. The number of aromatic amines is 1. The van der Waals surface area contributed by atoms with E-state index in [9.17, 15) is 0 Å². The SMILES string of the molecule is C[C@H]1CN2CCC[C@@H]2CN1Cc1ccc(Sc2ncn[nH]2)o1. The predicted molar refractivity (Wildman–Crippen MR) is 83.7 cm³/mol. The second-order valence-corrected chi connectivity index (χ2v) is 7.18. The lowest BCUT2D eigenvalue weighted by atomic mass is 10.1. The molecule has 1 N–H and O–H groups in total. The molecule has 0 aromatic carbocycles. The Bertz CT molecular complexity index is 613. The van der Waals surface area contributed by atoms with Crippen molar-refractivity contribution < 1.29 is 4.42 Å². The summed E-state index contributed by atoms with van der Waals surface area (Å²) in [4.78, 5) is 9.30. The van der Waals surface area contributed by atoms with Crippen LogP contribution in [0.3, 0.4) is 0 Å². The normalized spacial score (nSPS) is 26.4. The Morgan fingerprint density at radius 3 is 3.23 bits per heavy atom. The maximum atomic E-state index is 5.94. The molecule has 0 amide bonds.